The van der Waals surface area contributed by atoms with Gasteiger partial charge in [-0.05, 0) is 54.6 Å². The molecule has 0 unspecified atom stereocenters. The van der Waals surface area contributed by atoms with Gasteiger partial charge in [0.1, 0.15) is 6.07 Å². The van der Waals surface area contributed by atoms with Gasteiger partial charge in [0.2, 0.25) is 0 Å². The molecular formula is C22H19N3O3. The van der Waals surface area contributed by atoms with Gasteiger partial charge < -0.3 is 20.1 Å². The maximum atomic E-state index is 12.5. The van der Waals surface area contributed by atoms with E-state index < -0.39 is 0 Å². The van der Waals surface area contributed by atoms with Gasteiger partial charge in [0.05, 0.1) is 25.5 Å². The summed E-state index contributed by atoms with van der Waals surface area (Å²) in [4.78, 5) is 12.5. The van der Waals surface area contributed by atoms with Crippen LogP contribution >= 0.6 is 0 Å². The molecule has 3 aromatic carbocycles. The van der Waals surface area contributed by atoms with Crippen LogP contribution in [0.15, 0.2) is 66.7 Å². The second-order valence-electron chi connectivity index (χ2n) is 5.88. The maximum Gasteiger partial charge on any atom is 0.255 e. The van der Waals surface area contributed by atoms with Crippen molar-refractivity contribution in [1.82, 2.24) is 0 Å². The number of nitriles is 1. The molecule has 3 aromatic rings. The van der Waals surface area contributed by atoms with Crippen LogP contribution in [0.2, 0.25) is 0 Å². The highest BCUT2D eigenvalue weighted by Gasteiger charge is 2.11. The molecule has 1 amide bonds. The highest BCUT2D eigenvalue weighted by molar-refractivity contribution is 6.04. The SMILES string of the molecule is COc1ccc(C(=O)Nc2ccc(Nc3ccccc3C#N)cc2)cc1OC. The number of amides is 1. The van der Waals surface area contributed by atoms with Crippen LogP contribution < -0.4 is 20.1 Å². The fourth-order valence-electron chi connectivity index (χ4n) is 2.66. The number of methoxy groups -OCH3 is 2. The Morgan fingerprint density at radius 1 is 0.893 bits per heavy atom. The molecule has 0 aliphatic heterocycles. The fraction of sp³-hybridized carbons (Fsp3) is 0.0909. The minimum atomic E-state index is -0.253. The quantitative estimate of drug-likeness (QED) is 0.661. The summed E-state index contributed by atoms with van der Waals surface area (Å²) in [5.41, 5.74) is 3.22. The van der Waals surface area contributed by atoms with E-state index in [0.29, 0.717) is 28.3 Å². The Morgan fingerprint density at radius 2 is 1.57 bits per heavy atom. The molecule has 0 bridgehead atoms. The number of benzene rings is 3. The highest BCUT2D eigenvalue weighted by Crippen LogP contribution is 2.28. The number of rotatable bonds is 6. The molecule has 140 valence electrons. The number of carbonyl (C=O) groups excluding carboxylic acids is 1. The van der Waals surface area contributed by atoms with Crippen LogP contribution in [0.3, 0.4) is 0 Å². The zero-order valence-electron chi connectivity index (χ0n) is 15.5. The number of nitrogens with zero attached hydrogens (tertiary/aromatic N) is 1. The van der Waals surface area contributed by atoms with E-state index in [1.165, 1.54) is 7.11 Å². The van der Waals surface area contributed by atoms with Gasteiger partial charge in [0.25, 0.3) is 5.91 Å². The molecule has 0 spiro atoms. The molecule has 28 heavy (non-hydrogen) atoms. The van der Waals surface area contributed by atoms with Crippen molar-refractivity contribution in [2.24, 2.45) is 0 Å². The first-order valence-electron chi connectivity index (χ1n) is 8.54. The van der Waals surface area contributed by atoms with Crippen molar-refractivity contribution in [3.05, 3.63) is 77.9 Å². The van der Waals surface area contributed by atoms with Crippen molar-refractivity contribution in [3.8, 4) is 17.6 Å². The molecule has 0 atom stereocenters. The Kier molecular flexibility index (Phi) is 5.78. The van der Waals surface area contributed by atoms with E-state index in [2.05, 4.69) is 16.7 Å². The second-order valence-corrected chi connectivity index (χ2v) is 5.88. The van der Waals surface area contributed by atoms with Gasteiger partial charge in [-0.3, -0.25) is 4.79 Å². The molecule has 0 saturated heterocycles. The minimum Gasteiger partial charge on any atom is -0.493 e. The van der Waals surface area contributed by atoms with Crippen molar-refractivity contribution < 1.29 is 14.3 Å². The molecule has 0 aliphatic rings. The zero-order valence-corrected chi connectivity index (χ0v) is 15.5. The van der Waals surface area contributed by atoms with Crippen LogP contribution in [0, 0.1) is 11.3 Å². The highest BCUT2D eigenvalue weighted by atomic mass is 16.5. The van der Waals surface area contributed by atoms with Crippen LogP contribution in [0.4, 0.5) is 17.1 Å². The van der Waals surface area contributed by atoms with Crippen molar-refractivity contribution in [3.63, 3.8) is 0 Å². The maximum absolute atomic E-state index is 12.5. The van der Waals surface area contributed by atoms with E-state index in [1.54, 1.807) is 43.5 Å². The first-order chi connectivity index (χ1) is 13.6. The van der Waals surface area contributed by atoms with Crippen LogP contribution in [0.1, 0.15) is 15.9 Å². The van der Waals surface area contributed by atoms with E-state index in [9.17, 15) is 4.79 Å². The Morgan fingerprint density at radius 3 is 2.25 bits per heavy atom. The lowest BCUT2D eigenvalue weighted by atomic mass is 10.1. The molecule has 6 nitrogen and oxygen atoms in total. The molecule has 2 N–H and O–H groups in total. The summed E-state index contributed by atoms with van der Waals surface area (Å²) in [5, 5.41) is 15.2. The molecule has 0 radical (unpaired) electrons. The van der Waals surface area contributed by atoms with E-state index >= 15 is 0 Å². The van der Waals surface area contributed by atoms with Gasteiger partial charge in [-0.15, -0.1) is 0 Å². The van der Waals surface area contributed by atoms with E-state index in [1.807, 2.05) is 30.3 Å². The van der Waals surface area contributed by atoms with Gasteiger partial charge in [-0.2, -0.15) is 5.26 Å². The number of ether oxygens (including phenoxy) is 2. The van der Waals surface area contributed by atoms with E-state index in [-0.39, 0.29) is 5.91 Å². The number of hydrogen-bond acceptors (Lipinski definition) is 5. The lowest BCUT2D eigenvalue weighted by Gasteiger charge is -2.11. The molecular weight excluding hydrogens is 354 g/mol. The summed E-state index contributed by atoms with van der Waals surface area (Å²) in [6.45, 7) is 0. The van der Waals surface area contributed by atoms with Crippen LogP contribution in [0.25, 0.3) is 0 Å². The largest absolute Gasteiger partial charge is 0.493 e. The first-order valence-corrected chi connectivity index (χ1v) is 8.54. The zero-order chi connectivity index (χ0) is 19.9. The minimum absolute atomic E-state index is 0.253. The Labute approximate surface area is 163 Å². The summed E-state index contributed by atoms with van der Waals surface area (Å²) in [5.74, 6) is 0.800. The van der Waals surface area contributed by atoms with E-state index in [4.69, 9.17) is 14.7 Å². The summed E-state index contributed by atoms with van der Waals surface area (Å²) in [6, 6.07) is 21.6. The number of para-hydroxylation sites is 1. The van der Waals surface area contributed by atoms with Crippen molar-refractivity contribution >= 4 is 23.0 Å². The van der Waals surface area contributed by atoms with E-state index in [0.717, 1.165) is 11.4 Å². The normalized spacial score (nSPS) is 9.89. The van der Waals surface area contributed by atoms with Crippen LogP contribution in [0.5, 0.6) is 11.5 Å². The number of anilines is 3. The summed E-state index contributed by atoms with van der Waals surface area (Å²) >= 11 is 0. The third kappa shape index (κ3) is 4.22. The van der Waals surface area contributed by atoms with Crippen LogP contribution in [-0.2, 0) is 0 Å². The van der Waals surface area contributed by atoms with Crippen molar-refractivity contribution in [2.45, 2.75) is 0 Å². The van der Waals surface area contributed by atoms with Gasteiger partial charge in [-0.25, -0.2) is 0 Å². The summed E-state index contributed by atoms with van der Waals surface area (Å²) < 4.78 is 10.4. The molecule has 0 aromatic heterocycles. The number of hydrogen-bond donors (Lipinski definition) is 2. The van der Waals surface area contributed by atoms with Gasteiger partial charge >= 0.3 is 0 Å². The van der Waals surface area contributed by atoms with Gasteiger partial charge in [0, 0.05) is 16.9 Å². The predicted molar refractivity (Wildman–Crippen MR) is 108 cm³/mol. The standard InChI is InChI=1S/C22H19N3O3/c1-27-20-12-7-15(13-21(20)28-2)22(26)25-18-10-8-17(9-11-18)24-19-6-4-3-5-16(19)14-23/h3-13,24H,1-2H3,(H,25,26). The first kappa shape index (κ1) is 18.8. The lowest BCUT2D eigenvalue weighted by molar-refractivity contribution is 0.102. The lowest BCUT2D eigenvalue weighted by Crippen LogP contribution is -2.12. The fourth-order valence-corrected chi connectivity index (χ4v) is 2.66. The van der Waals surface area contributed by atoms with Crippen molar-refractivity contribution in [1.29, 1.82) is 5.26 Å². The Balaban J connectivity index is 1.70. The molecule has 0 aliphatic carbocycles. The number of carbonyl (C=O) groups is 1. The Hall–Kier alpha value is -3.98. The molecule has 0 heterocycles. The monoisotopic (exact) mass is 373 g/mol. The smallest absolute Gasteiger partial charge is 0.255 e. The van der Waals surface area contributed by atoms with Crippen molar-refractivity contribution in [2.75, 3.05) is 24.9 Å². The Bertz CT molecular complexity index is 1020. The average Bonchev–Trinajstić information content (AvgIpc) is 2.74. The topological polar surface area (TPSA) is 83.4 Å². The molecule has 6 heteroatoms. The van der Waals surface area contributed by atoms with Gasteiger partial charge in [0.15, 0.2) is 11.5 Å². The predicted octanol–water partition coefficient (Wildman–Crippen LogP) is 4.57. The summed E-state index contributed by atoms with van der Waals surface area (Å²) in [6.07, 6.45) is 0. The average molecular weight is 373 g/mol. The molecule has 3 rings (SSSR count). The molecule has 0 fully saturated rings. The third-order valence-corrected chi connectivity index (χ3v) is 4.12. The van der Waals surface area contributed by atoms with Gasteiger partial charge in [-0.1, -0.05) is 12.1 Å². The molecule has 0 saturated carbocycles. The second kappa shape index (κ2) is 8.60. The third-order valence-electron chi connectivity index (χ3n) is 4.12. The number of nitrogens with one attached hydrogen (secondary N) is 2. The van der Waals surface area contributed by atoms with Crippen LogP contribution in [-0.4, -0.2) is 20.1 Å². The summed E-state index contributed by atoms with van der Waals surface area (Å²) in [7, 11) is 3.07.